The van der Waals surface area contributed by atoms with Crippen molar-refractivity contribution in [3.63, 3.8) is 0 Å². The Morgan fingerprint density at radius 1 is 0.558 bits per heavy atom. The summed E-state index contributed by atoms with van der Waals surface area (Å²) in [6.45, 7) is 6.68. The zero-order valence-corrected chi connectivity index (χ0v) is 28.9. The van der Waals surface area contributed by atoms with Gasteiger partial charge < -0.3 is 0 Å². The Balaban J connectivity index is 0.00000924. The van der Waals surface area contributed by atoms with Gasteiger partial charge in [-0.1, -0.05) is 121 Å². The third kappa shape index (κ3) is 18.7. The number of aryl methyl sites for hydroxylation is 2. The van der Waals surface area contributed by atoms with Crippen molar-refractivity contribution in [2.24, 2.45) is 9.98 Å². The molecular weight excluding hydrogens is 615 g/mol. The maximum absolute atomic E-state index is 5.01. The molecule has 0 atom stereocenters. The largest absolute Gasteiger partial charge is 0.255 e. The molecular formula is C40H56N2Pd. The second kappa shape index (κ2) is 27.1. The molecule has 0 spiro atoms. The summed E-state index contributed by atoms with van der Waals surface area (Å²) in [5, 5.41) is 0. The summed E-state index contributed by atoms with van der Waals surface area (Å²) in [7, 11) is 0. The molecule has 0 fully saturated rings. The van der Waals surface area contributed by atoms with Gasteiger partial charge in [0.25, 0.3) is 0 Å². The number of nitrogens with zero attached hydrogens (tertiary/aromatic N) is 2. The molecule has 0 amide bonds. The summed E-state index contributed by atoms with van der Waals surface area (Å²) in [5.41, 5.74) is 5.55. The van der Waals surface area contributed by atoms with E-state index in [4.69, 9.17) is 9.98 Å². The molecule has 2 aromatic rings. The van der Waals surface area contributed by atoms with Gasteiger partial charge in [-0.2, -0.15) is 0 Å². The number of aliphatic imine (C=N–C) groups is 2. The van der Waals surface area contributed by atoms with Gasteiger partial charge >= 0.3 is 0 Å². The van der Waals surface area contributed by atoms with Crippen LogP contribution in [0.1, 0.15) is 141 Å². The molecule has 0 N–H and O–H groups in total. The minimum absolute atomic E-state index is 0. The van der Waals surface area contributed by atoms with Crippen molar-refractivity contribution in [1.82, 2.24) is 0 Å². The van der Waals surface area contributed by atoms with E-state index in [1.165, 1.54) is 88.2 Å². The van der Waals surface area contributed by atoms with Gasteiger partial charge in [-0.15, -0.1) is 23.7 Å². The van der Waals surface area contributed by atoms with E-state index in [1.54, 1.807) is 0 Å². The fourth-order valence-corrected chi connectivity index (χ4v) is 4.91. The Hall–Kier alpha value is -2.44. The molecule has 43 heavy (non-hydrogen) atoms. The number of hydrogen-bond donors (Lipinski definition) is 0. The van der Waals surface area contributed by atoms with Crippen LogP contribution in [0.25, 0.3) is 0 Å². The molecule has 2 nitrogen and oxygen atoms in total. The van der Waals surface area contributed by atoms with Crippen LogP contribution in [0.5, 0.6) is 0 Å². The quantitative estimate of drug-likeness (QED) is 0.0580. The summed E-state index contributed by atoms with van der Waals surface area (Å²) in [6, 6.07) is 16.9. The van der Waals surface area contributed by atoms with Gasteiger partial charge in [-0.3, -0.25) is 9.98 Å². The van der Waals surface area contributed by atoms with Gasteiger partial charge in [0.2, 0.25) is 0 Å². The first-order chi connectivity index (χ1) is 20.8. The standard InChI is InChI=1S/C40H56N2.Pd/c1-4-7-9-11-13-15-17-19-21-23-29-36-31-25-27-33-39(36)41-35-38(6-3)42-40-34-28-26-32-37(40)30-24-22-20-18-16-14-12-10-8-5-2;/h25-28,31-35H,4-18,23-24,29-30H2,1-3H3;. The Kier molecular flexibility index (Phi) is 24.4. The van der Waals surface area contributed by atoms with Crippen LogP contribution in [0.4, 0.5) is 11.4 Å². The smallest absolute Gasteiger partial charge is 0.0665 e. The maximum Gasteiger partial charge on any atom is 0.0665 e. The first-order valence-electron chi connectivity index (χ1n) is 17.0. The summed E-state index contributed by atoms with van der Waals surface area (Å²) >= 11 is 0. The van der Waals surface area contributed by atoms with E-state index in [0.29, 0.717) is 0 Å². The molecule has 236 valence electrons. The van der Waals surface area contributed by atoms with E-state index in [9.17, 15) is 0 Å². The molecule has 0 saturated carbocycles. The van der Waals surface area contributed by atoms with Gasteiger partial charge in [-0.25, -0.2) is 0 Å². The first kappa shape index (κ1) is 38.6. The maximum atomic E-state index is 5.01. The van der Waals surface area contributed by atoms with Crippen LogP contribution >= 0.6 is 0 Å². The average Bonchev–Trinajstić information content (AvgIpc) is 3.02. The van der Waals surface area contributed by atoms with Gasteiger partial charge in [0.05, 0.1) is 17.1 Å². The molecule has 2 aromatic carbocycles. The monoisotopic (exact) mass is 670 g/mol. The van der Waals surface area contributed by atoms with E-state index in [-0.39, 0.29) is 20.4 Å². The molecule has 0 saturated heterocycles. The third-order valence-corrected chi connectivity index (χ3v) is 7.56. The van der Waals surface area contributed by atoms with E-state index in [2.05, 4.69) is 93.0 Å². The van der Waals surface area contributed by atoms with Crippen LogP contribution in [0.15, 0.2) is 58.5 Å². The van der Waals surface area contributed by atoms with Gasteiger partial charge in [-0.05, 0) is 55.4 Å². The van der Waals surface area contributed by atoms with Crippen LogP contribution in [0.3, 0.4) is 0 Å². The van der Waals surface area contributed by atoms with Crippen LogP contribution in [-0.2, 0) is 33.3 Å². The number of rotatable bonds is 20. The Morgan fingerprint density at radius 3 is 1.53 bits per heavy atom. The predicted molar refractivity (Wildman–Crippen MR) is 187 cm³/mol. The first-order valence-corrected chi connectivity index (χ1v) is 17.0. The number of hydrogen-bond acceptors (Lipinski definition) is 2. The Labute approximate surface area is 278 Å². The number of unbranched alkanes of at least 4 members (excludes halogenated alkanes) is 12. The van der Waals surface area contributed by atoms with Crippen molar-refractivity contribution in [3.05, 3.63) is 59.7 Å². The Bertz CT molecular complexity index is 1170. The van der Waals surface area contributed by atoms with E-state index in [1.807, 2.05) is 6.21 Å². The third-order valence-electron chi connectivity index (χ3n) is 7.56. The van der Waals surface area contributed by atoms with E-state index >= 15 is 0 Å². The van der Waals surface area contributed by atoms with Gasteiger partial charge in [0.1, 0.15) is 0 Å². The van der Waals surface area contributed by atoms with Gasteiger partial charge in [0.15, 0.2) is 0 Å². The van der Waals surface area contributed by atoms with Gasteiger partial charge in [0, 0.05) is 52.3 Å². The van der Waals surface area contributed by atoms with Crippen molar-refractivity contribution in [2.45, 2.75) is 143 Å². The Morgan fingerprint density at radius 2 is 1.00 bits per heavy atom. The minimum atomic E-state index is 0. The second-order valence-electron chi connectivity index (χ2n) is 11.2. The normalized spacial score (nSPS) is 11.0. The van der Waals surface area contributed by atoms with Crippen LogP contribution in [-0.4, -0.2) is 11.9 Å². The van der Waals surface area contributed by atoms with Crippen LogP contribution < -0.4 is 0 Å². The molecule has 0 aromatic heterocycles. The van der Waals surface area contributed by atoms with Crippen LogP contribution in [0, 0.1) is 23.7 Å². The topological polar surface area (TPSA) is 24.7 Å². The summed E-state index contributed by atoms with van der Waals surface area (Å²) in [5.74, 6) is 13.5. The molecule has 0 unspecified atom stereocenters. The SMILES string of the molecule is CCCCCCCCC#CCCc1ccccc1N=CC(CC)=Nc1ccccc1CCC#CCCCCCCCC.[Pd]. The summed E-state index contributed by atoms with van der Waals surface area (Å²) < 4.78 is 0. The van der Waals surface area contributed by atoms with E-state index in [0.717, 1.165) is 62.0 Å². The van der Waals surface area contributed by atoms with Crippen molar-refractivity contribution in [1.29, 1.82) is 0 Å². The second-order valence-corrected chi connectivity index (χ2v) is 11.2. The molecule has 0 aliphatic carbocycles. The zero-order chi connectivity index (χ0) is 29.9. The zero-order valence-electron chi connectivity index (χ0n) is 27.3. The summed E-state index contributed by atoms with van der Waals surface area (Å²) in [6.07, 6.45) is 24.3. The molecule has 0 heterocycles. The molecule has 0 aliphatic rings. The molecule has 2 rings (SSSR count). The fourth-order valence-electron chi connectivity index (χ4n) is 4.91. The number of benzene rings is 2. The summed E-state index contributed by atoms with van der Waals surface area (Å²) in [4.78, 5) is 9.88. The predicted octanol–water partition coefficient (Wildman–Crippen LogP) is 11.9. The van der Waals surface area contributed by atoms with E-state index < -0.39 is 0 Å². The van der Waals surface area contributed by atoms with Crippen molar-refractivity contribution < 1.29 is 20.4 Å². The molecule has 0 bridgehead atoms. The van der Waals surface area contributed by atoms with Crippen molar-refractivity contribution in [2.75, 3.05) is 0 Å². The molecule has 0 radical (unpaired) electrons. The fraction of sp³-hybridized carbons (Fsp3) is 0.550. The number of para-hydroxylation sites is 2. The molecule has 0 aliphatic heterocycles. The average molecular weight is 671 g/mol. The molecule has 3 heteroatoms. The van der Waals surface area contributed by atoms with Crippen LogP contribution in [0.2, 0.25) is 0 Å². The van der Waals surface area contributed by atoms with Crippen molar-refractivity contribution in [3.8, 4) is 23.7 Å². The minimum Gasteiger partial charge on any atom is -0.255 e. The van der Waals surface area contributed by atoms with Crippen molar-refractivity contribution >= 4 is 23.3 Å².